The van der Waals surface area contributed by atoms with E-state index in [0.29, 0.717) is 5.88 Å². The standard InChI is InChI=1S/C24H21N3O2S/c28-21(27-20-12-6-10-16-9-4-5-11-18(16)20)13-29-23-22-19(17-7-2-1-3-8-17)14-30-24(22)26-15-25-23/h1-5,7-9,11,14-15,20H,6,10,12-13H2,(H,27,28)/t20-/m0/s1. The van der Waals surface area contributed by atoms with Gasteiger partial charge in [0, 0.05) is 10.9 Å². The van der Waals surface area contributed by atoms with Crippen molar-refractivity contribution < 1.29 is 9.53 Å². The van der Waals surface area contributed by atoms with Crippen LogP contribution in [0.4, 0.5) is 0 Å². The van der Waals surface area contributed by atoms with Crippen LogP contribution in [0.5, 0.6) is 5.88 Å². The van der Waals surface area contributed by atoms with Gasteiger partial charge in [0.2, 0.25) is 5.88 Å². The molecular weight excluding hydrogens is 394 g/mol. The normalized spacial score (nSPS) is 15.5. The number of aromatic nitrogens is 2. The molecule has 2 aromatic carbocycles. The first kappa shape index (κ1) is 18.8. The number of nitrogens with zero attached hydrogens (tertiary/aromatic N) is 2. The summed E-state index contributed by atoms with van der Waals surface area (Å²) in [7, 11) is 0. The minimum Gasteiger partial charge on any atom is -0.467 e. The Morgan fingerprint density at radius 1 is 1.10 bits per heavy atom. The summed E-state index contributed by atoms with van der Waals surface area (Å²) in [5.74, 6) is 0.305. The highest BCUT2D eigenvalue weighted by molar-refractivity contribution is 7.17. The fourth-order valence-corrected chi connectivity index (χ4v) is 4.97. The van der Waals surface area contributed by atoms with E-state index in [1.54, 1.807) is 11.3 Å². The Hall–Kier alpha value is -3.25. The van der Waals surface area contributed by atoms with Crippen LogP contribution in [0, 0.1) is 0 Å². The van der Waals surface area contributed by atoms with Crippen molar-refractivity contribution in [2.24, 2.45) is 0 Å². The summed E-state index contributed by atoms with van der Waals surface area (Å²) in [6.07, 6.45) is 4.57. The Morgan fingerprint density at radius 2 is 1.93 bits per heavy atom. The summed E-state index contributed by atoms with van der Waals surface area (Å²) < 4.78 is 5.87. The fourth-order valence-electron chi connectivity index (χ4n) is 4.06. The van der Waals surface area contributed by atoms with Crippen molar-refractivity contribution in [3.8, 4) is 17.0 Å². The first-order valence-corrected chi connectivity index (χ1v) is 10.9. The maximum absolute atomic E-state index is 12.6. The molecule has 1 atom stereocenters. The van der Waals surface area contributed by atoms with Crippen LogP contribution >= 0.6 is 11.3 Å². The van der Waals surface area contributed by atoms with Gasteiger partial charge in [-0.25, -0.2) is 9.97 Å². The molecule has 2 aromatic heterocycles. The summed E-state index contributed by atoms with van der Waals surface area (Å²) in [5, 5.41) is 6.04. The largest absolute Gasteiger partial charge is 0.467 e. The van der Waals surface area contributed by atoms with Crippen LogP contribution in [-0.4, -0.2) is 22.5 Å². The highest BCUT2D eigenvalue weighted by Crippen LogP contribution is 2.37. The Bertz CT molecular complexity index is 1190. The molecule has 1 N–H and O–H groups in total. The average Bonchev–Trinajstić information content (AvgIpc) is 3.23. The molecule has 0 saturated carbocycles. The van der Waals surface area contributed by atoms with Crippen molar-refractivity contribution in [3.05, 3.63) is 77.4 Å². The number of thiophene rings is 1. The van der Waals surface area contributed by atoms with Crippen LogP contribution in [0.2, 0.25) is 0 Å². The molecule has 0 saturated heterocycles. The quantitative estimate of drug-likeness (QED) is 0.502. The second-order valence-electron chi connectivity index (χ2n) is 7.37. The van der Waals surface area contributed by atoms with E-state index in [0.717, 1.165) is 40.6 Å². The minimum atomic E-state index is -0.139. The van der Waals surface area contributed by atoms with Crippen molar-refractivity contribution in [2.45, 2.75) is 25.3 Å². The van der Waals surface area contributed by atoms with Gasteiger partial charge in [-0.15, -0.1) is 11.3 Å². The van der Waals surface area contributed by atoms with Crippen LogP contribution in [-0.2, 0) is 11.2 Å². The van der Waals surface area contributed by atoms with Gasteiger partial charge in [0.25, 0.3) is 5.91 Å². The SMILES string of the molecule is O=C(COc1ncnc2scc(-c3ccccc3)c12)N[C@H]1CCCc2ccccc21. The third-order valence-corrected chi connectivity index (χ3v) is 6.35. The van der Waals surface area contributed by atoms with Gasteiger partial charge in [-0.1, -0.05) is 54.6 Å². The van der Waals surface area contributed by atoms with E-state index in [1.807, 2.05) is 36.4 Å². The molecule has 0 spiro atoms. The first-order chi connectivity index (χ1) is 14.8. The second kappa shape index (κ2) is 8.24. The molecule has 30 heavy (non-hydrogen) atoms. The Labute approximate surface area is 178 Å². The predicted molar refractivity (Wildman–Crippen MR) is 119 cm³/mol. The number of ether oxygens (including phenoxy) is 1. The molecule has 5 rings (SSSR count). The zero-order valence-corrected chi connectivity index (χ0v) is 17.2. The number of nitrogens with one attached hydrogen (secondary N) is 1. The molecular formula is C24H21N3O2S. The lowest BCUT2D eigenvalue weighted by atomic mass is 9.88. The molecule has 0 bridgehead atoms. The van der Waals surface area contributed by atoms with Gasteiger partial charge >= 0.3 is 0 Å². The molecule has 0 fully saturated rings. The topological polar surface area (TPSA) is 64.1 Å². The van der Waals surface area contributed by atoms with E-state index in [-0.39, 0.29) is 18.6 Å². The number of hydrogen-bond donors (Lipinski definition) is 1. The Balaban J connectivity index is 1.34. The molecule has 1 amide bonds. The lowest BCUT2D eigenvalue weighted by molar-refractivity contribution is -0.124. The van der Waals surface area contributed by atoms with Crippen LogP contribution in [0.15, 0.2) is 66.3 Å². The van der Waals surface area contributed by atoms with Crippen LogP contribution < -0.4 is 10.1 Å². The van der Waals surface area contributed by atoms with Crippen molar-refractivity contribution >= 4 is 27.5 Å². The number of fused-ring (bicyclic) bond motifs is 2. The Morgan fingerprint density at radius 3 is 2.83 bits per heavy atom. The monoisotopic (exact) mass is 415 g/mol. The number of benzene rings is 2. The van der Waals surface area contributed by atoms with Crippen molar-refractivity contribution in [1.82, 2.24) is 15.3 Å². The number of aryl methyl sites for hydroxylation is 1. The molecule has 4 aromatic rings. The van der Waals surface area contributed by atoms with E-state index in [9.17, 15) is 4.79 Å². The molecule has 150 valence electrons. The van der Waals surface area contributed by atoms with E-state index >= 15 is 0 Å². The highest BCUT2D eigenvalue weighted by Gasteiger charge is 2.22. The molecule has 0 radical (unpaired) electrons. The van der Waals surface area contributed by atoms with Crippen LogP contribution in [0.1, 0.15) is 30.0 Å². The summed E-state index contributed by atoms with van der Waals surface area (Å²) in [6.45, 7) is -0.0745. The number of amides is 1. The van der Waals surface area contributed by atoms with Gasteiger partial charge in [0.05, 0.1) is 11.4 Å². The molecule has 5 nitrogen and oxygen atoms in total. The molecule has 1 aliphatic carbocycles. The maximum Gasteiger partial charge on any atom is 0.258 e. The van der Waals surface area contributed by atoms with Crippen LogP contribution in [0.25, 0.3) is 21.3 Å². The van der Waals surface area contributed by atoms with E-state index in [2.05, 4.69) is 38.9 Å². The zero-order valence-electron chi connectivity index (χ0n) is 16.4. The van der Waals surface area contributed by atoms with E-state index < -0.39 is 0 Å². The van der Waals surface area contributed by atoms with Gasteiger partial charge < -0.3 is 10.1 Å². The summed E-state index contributed by atoms with van der Waals surface area (Å²) >= 11 is 1.55. The zero-order chi connectivity index (χ0) is 20.3. The van der Waals surface area contributed by atoms with Crippen molar-refractivity contribution in [2.75, 3.05) is 6.61 Å². The molecule has 6 heteroatoms. The summed E-state index contributed by atoms with van der Waals surface area (Å²) in [5.41, 5.74) is 4.63. The molecule has 1 aliphatic rings. The number of carbonyl (C=O) groups excluding carboxylic acids is 1. The number of carbonyl (C=O) groups is 1. The minimum absolute atomic E-state index is 0.0393. The third-order valence-electron chi connectivity index (χ3n) is 5.46. The van der Waals surface area contributed by atoms with Crippen molar-refractivity contribution in [1.29, 1.82) is 0 Å². The molecule has 2 heterocycles. The van der Waals surface area contributed by atoms with Gasteiger partial charge in [0.15, 0.2) is 6.61 Å². The first-order valence-electron chi connectivity index (χ1n) is 10.1. The smallest absolute Gasteiger partial charge is 0.258 e. The third kappa shape index (κ3) is 3.66. The van der Waals surface area contributed by atoms with Crippen LogP contribution in [0.3, 0.4) is 0 Å². The number of rotatable bonds is 5. The van der Waals surface area contributed by atoms with E-state index in [4.69, 9.17) is 4.74 Å². The van der Waals surface area contributed by atoms with E-state index in [1.165, 1.54) is 17.5 Å². The lowest BCUT2D eigenvalue weighted by Crippen LogP contribution is -2.34. The fraction of sp³-hybridized carbons (Fsp3) is 0.208. The predicted octanol–water partition coefficient (Wildman–Crippen LogP) is 4.93. The molecule has 0 aliphatic heterocycles. The maximum atomic E-state index is 12.6. The Kier molecular flexibility index (Phi) is 5.15. The van der Waals surface area contributed by atoms with Gasteiger partial charge in [-0.05, 0) is 36.0 Å². The lowest BCUT2D eigenvalue weighted by Gasteiger charge is -2.26. The van der Waals surface area contributed by atoms with Gasteiger partial charge in [0.1, 0.15) is 11.2 Å². The van der Waals surface area contributed by atoms with Crippen molar-refractivity contribution in [3.63, 3.8) is 0 Å². The van der Waals surface area contributed by atoms with Gasteiger partial charge in [-0.3, -0.25) is 4.79 Å². The number of hydrogen-bond acceptors (Lipinski definition) is 5. The van der Waals surface area contributed by atoms with Gasteiger partial charge in [-0.2, -0.15) is 0 Å². The highest BCUT2D eigenvalue weighted by atomic mass is 32.1. The summed E-state index contributed by atoms with van der Waals surface area (Å²) in [4.78, 5) is 22.2. The summed E-state index contributed by atoms with van der Waals surface area (Å²) in [6, 6.07) is 18.4. The molecule has 0 unspecified atom stereocenters. The second-order valence-corrected chi connectivity index (χ2v) is 8.23. The average molecular weight is 416 g/mol.